The number of ketones is 1. The second-order valence-electron chi connectivity index (χ2n) is 3.31. The normalized spacial score (nSPS) is 11.2. The Morgan fingerprint density at radius 1 is 1.19 bits per heavy atom. The fourth-order valence-corrected chi connectivity index (χ4v) is 1.35. The van der Waals surface area contributed by atoms with Gasteiger partial charge in [0.1, 0.15) is 0 Å². The fourth-order valence-electron chi connectivity index (χ4n) is 1.35. The van der Waals surface area contributed by atoms with Crippen molar-refractivity contribution >= 4 is 11.7 Å². The SMILES string of the molecule is NCCC(=CC(N)=O)C(=O)c1ccccc1. The van der Waals surface area contributed by atoms with E-state index in [0.717, 1.165) is 6.08 Å². The van der Waals surface area contributed by atoms with Crippen LogP contribution < -0.4 is 11.5 Å². The first-order chi connectivity index (χ1) is 7.65. The van der Waals surface area contributed by atoms with E-state index in [1.54, 1.807) is 24.3 Å². The number of hydrogen-bond acceptors (Lipinski definition) is 3. The number of carbonyl (C=O) groups excluding carboxylic acids is 2. The van der Waals surface area contributed by atoms with Crippen molar-refractivity contribution in [3.63, 3.8) is 0 Å². The molecule has 0 aliphatic rings. The Bertz CT molecular complexity index is 410. The van der Waals surface area contributed by atoms with Gasteiger partial charge in [0.15, 0.2) is 5.78 Å². The molecule has 1 rings (SSSR count). The summed E-state index contributed by atoms with van der Waals surface area (Å²) in [6, 6.07) is 8.72. The van der Waals surface area contributed by atoms with E-state index in [-0.39, 0.29) is 5.78 Å². The van der Waals surface area contributed by atoms with E-state index in [0.29, 0.717) is 24.1 Å². The summed E-state index contributed by atoms with van der Waals surface area (Å²) in [5.74, 6) is -0.836. The number of hydrogen-bond donors (Lipinski definition) is 2. The standard InChI is InChI=1S/C12H14N2O2/c13-7-6-10(8-11(14)15)12(16)9-4-2-1-3-5-9/h1-5,8H,6-7,13H2,(H2,14,15). The van der Waals surface area contributed by atoms with Crippen molar-refractivity contribution in [2.45, 2.75) is 6.42 Å². The Morgan fingerprint density at radius 2 is 1.81 bits per heavy atom. The van der Waals surface area contributed by atoms with Crippen molar-refractivity contribution in [3.05, 3.63) is 47.5 Å². The van der Waals surface area contributed by atoms with Crippen LogP contribution in [0.5, 0.6) is 0 Å². The molecule has 0 fully saturated rings. The minimum absolute atomic E-state index is 0.204. The maximum atomic E-state index is 11.9. The summed E-state index contributed by atoms with van der Waals surface area (Å²) in [5.41, 5.74) is 11.3. The number of amides is 1. The van der Waals surface area contributed by atoms with E-state index in [1.165, 1.54) is 0 Å². The molecule has 0 unspecified atom stereocenters. The van der Waals surface area contributed by atoms with Gasteiger partial charge in [-0.1, -0.05) is 30.3 Å². The smallest absolute Gasteiger partial charge is 0.241 e. The fraction of sp³-hybridized carbons (Fsp3) is 0.167. The first kappa shape index (κ1) is 12.1. The third-order valence-electron chi connectivity index (χ3n) is 2.06. The van der Waals surface area contributed by atoms with E-state index in [4.69, 9.17) is 11.5 Å². The zero-order chi connectivity index (χ0) is 12.0. The van der Waals surface area contributed by atoms with Crippen LogP contribution in [0.25, 0.3) is 0 Å². The van der Waals surface area contributed by atoms with Gasteiger partial charge >= 0.3 is 0 Å². The molecule has 0 aromatic heterocycles. The number of benzene rings is 1. The molecule has 16 heavy (non-hydrogen) atoms. The van der Waals surface area contributed by atoms with Crippen LogP contribution in [0.2, 0.25) is 0 Å². The van der Waals surface area contributed by atoms with Gasteiger partial charge in [-0.3, -0.25) is 9.59 Å². The second-order valence-corrected chi connectivity index (χ2v) is 3.31. The van der Waals surface area contributed by atoms with E-state index < -0.39 is 5.91 Å². The quantitative estimate of drug-likeness (QED) is 0.561. The van der Waals surface area contributed by atoms with Crippen molar-refractivity contribution in [1.29, 1.82) is 0 Å². The molecule has 4 N–H and O–H groups in total. The molecule has 0 atom stereocenters. The molecule has 0 saturated carbocycles. The van der Waals surface area contributed by atoms with Gasteiger partial charge in [-0.15, -0.1) is 0 Å². The van der Waals surface area contributed by atoms with Gasteiger partial charge in [0.25, 0.3) is 0 Å². The lowest BCUT2D eigenvalue weighted by atomic mass is 10.0. The molecule has 1 aromatic carbocycles. The summed E-state index contributed by atoms with van der Waals surface area (Å²) in [4.78, 5) is 22.7. The number of primary amides is 1. The largest absolute Gasteiger partial charge is 0.366 e. The van der Waals surface area contributed by atoms with Crippen LogP contribution in [0.15, 0.2) is 42.0 Å². The first-order valence-electron chi connectivity index (χ1n) is 4.95. The third kappa shape index (κ3) is 3.33. The summed E-state index contributed by atoms with van der Waals surface area (Å²) in [7, 11) is 0. The van der Waals surface area contributed by atoms with Crippen LogP contribution >= 0.6 is 0 Å². The van der Waals surface area contributed by atoms with Crippen LogP contribution in [-0.4, -0.2) is 18.2 Å². The molecule has 0 saturated heterocycles. The molecule has 0 spiro atoms. The van der Waals surface area contributed by atoms with Crippen LogP contribution in [0.4, 0.5) is 0 Å². The minimum Gasteiger partial charge on any atom is -0.366 e. The van der Waals surface area contributed by atoms with Gasteiger partial charge in [-0.05, 0) is 13.0 Å². The van der Waals surface area contributed by atoms with Crippen LogP contribution in [-0.2, 0) is 4.79 Å². The van der Waals surface area contributed by atoms with Crippen LogP contribution in [0.3, 0.4) is 0 Å². The summed E-state index contributed by atoms with van der Waals surface area (Å²) in [6.45, 7) is 0.303. The minimum atomic E-state index is -0.632. The molecule has 84 valence electrons. The summed E-state index contributed by atoms with van der Waals surface area (Å²) < 4.78 is 0. The van der Waals surface area contributed by atoms with Gasteiger partial charge in [-0.2, -0.15) is 0 Å². The molecule has 0 aliphatic heterocycles. The van der Waals surface area contributed by atoms with Crippen molar-refractivity contribution in [2.24, 2.45) is 11.5 Å². The van der Waals surface area contributed by atoms with E-state index >= 15 is 0 Å². The highest BCUT2D eigenvalue weighted by Crippen LogP contribution is 2.10. The van der Waals surface area contributed by atoms with Crippen molar-refractivity contribution in [2.75, 3.05) is 6.54 Å². The summed E-state index contributed by atoms with van der Waals surface area (Å²) >= 11 is 0. The first-order valence-corrected chi connectivity index (χ1v) is 4.95. The maximum absolute atomic E-state index is 11.9. The molecule has 4 nitrogen and oxygen atoms in total. The van der Waals surface area contributed by atoms with Gasteiger partial charge in [0.2, 0.25) is 5.91 Å². The van der Waals surface area contributed by atoms with Crippen molar-refractivity contribution in [3.8, 4) is 0 Å². The summed E-state index contributed by atoms with van der Waals surface area (Å²) in [6.07, 6.45) is 1.48. The number of Topliss-reactive ketones (excluding diaryl/α,β-unsaturated/α-hetero) is 1. The van der Waals surface area contributed by atoms with Crippen molar-refractivity contribution in [1.82, 2.24) is 0 Å². The Balaban J connectivity index is 2.97. The van der Waals surface area contributed by atoms with Crippen molar-refractivity contribution < 1.29 is 9.59 Å². The lowest BCUT2D eigenvalue weighted by Crippen LogP contribution is -2.14. The molecule has 1 amide bonds. The average molecular weight is 218 g/mol. The van der Waals surface area contributed by atoms with Crippen LogP contribution in [0.1, 0.15) is 16.8 Å². The number of rotatable bonds is 5. The zero-order valence-corrected chi connectivity index (χ0v) is 8.85. The summed E-state index contributed by atoms with van der Waals surface area (Å²) in [5, 5.41) is 0. The van der Waals surface area contributed by atoms with E-state index in [2.05, 4.69) is 0 Å². The van der Waals surface area contributed by atoms with Crippen LogP contribution in [0, 0.1) is 0 Å². The van der Waals surface area contributed by atoms with E-state index in [1.807, 2.05) is 6.07 Å². The van der Waals surface area contributed by atoms with Gasteiger partial charge in [-0.25, -0.2) is 0 Å². The lowest BCUT2D eigenvalue weighted by Gasteiger charge is -2.04. The number of nitrogens with two attached hydrogens (primary N) is 2. The monoisotopic (exact) mass is 218 g/mol. The Labute approximate surface area is 93.9 Å². The molecule has 4 heteroatoms. The highest BCUT2D eigenvalue weighted by atomic mass is 16.1. The Morgan fingerprint density at radius 3 is 2.31 bits per heavy atom. The molecular formula is C12H14N2O2. The molecule has 1 aromatic rings. The molecule has 0 heterocycles. The molecule has 0 radical (unpaired) electrons. The Hall–Kier alpha value is -1.94. The average Bonchev–Trinajstić information content (AvgIpc) is 2.28. The topological polar surface area (TPSA) is 86.2 Å². The zero-order valence-electron chi connectivity index (χ0n) is 8.85. The highest BCUT2D eigenvalue weighted by molar-refractivity contribution is 6.11. The lowest BCUT2D eigenvalue weighted by molar-refractivity contribution is -0.113. The molecule has 0 bridgehead atoms. The molecular weight excluding hydrogens is 204 g/mol. The van der Waals surface area contributed by atoms with Gasteiger partial charge in [0.05, 0.1) is 0 Å². The maximum Gasteiger partial charge on any atom is 0.241 e. The molecule has 0 aliphatic carbocycles. The second kappa shape index (κ2) is 5.82. The predicted octanol–water partition coefficient (Wildman–Crippen LogP) is 0.630. The van der Waals surface area contributed by atoms with Gasteiger partial charge in [0, 0.05) is 17.2 Å². The Kier molecular flexibility index (Phi) is 4.42. The van der Waals surface area contributed by atoms with Gasteiger partial charge < -0.3 is 11.5 Å². The predicted molar refractivity (Wildman–Crippen MR) is 61.7 cm³/mol. The third-order valence-corrected chi connectivity index (χ3v) is 2.06. The number of carbonyl (C=O) groups is 2. The van der Waals surface area contributed by atoms with E-state index in [9.17, 15) is 9.59 Å². The highest BCUT2D eigenvalue weighted by Gasteiger charge is 2.11.